The van der Waals surface area contributed by atoms with Gasteiger partial charge in [-0.05, 0) is 90.1 Å². The van der Waals surface area contributed by atoms with E-state index in [1.54, 1.807) is 11.1 Å². The predicted molar refractivity (Wildman–Crippen MR) is 97.9 cm³/mol. The first-order valence-electron chi connectivity index (χ1n) is 7.74. The lowest BCUT2D eigenvalue weighted by atomic mass is 9.88. The van der Waals surface area contributed by atoms with Gasteiger partial charge in [-0.15, -0.1) is 0 Å². The van der Waals surface area contributed by atoms with E-state index in [9.17, 15) is 0 Å². The Balaban J connectivity index is 2.02. The van der Waals surface area contributed by atoms with Gasteiger partial charge >= 0.3 is 0 Å². The van der Waals surface area contributed by atoms with Crippen LogP contribution in [0.25, 0.3) is 0 Å². The zero-order chi connectivity index (χ0) is 14.8. The van der Waals surface area contributed by atoms with Crippen molar-refractivity contribution >= 4 is 22.6 Å². The summed E-state index contributed by atoms with van der Waals surface area (Å²) in [6.45, 7) is 2.19. The minimum Gasteiger partial charge on any atom is -0.309 e. The molecule has 0 fully saturated rings. The molecule has 2 heteroatoms. The molecule has 0 saturated heterocycles. The Morgan fingerprint density at radius 2 is 1.81 bits per heavy atom. The van der Waals surface area contributed by atoms with E-state index in [2.05, 4.69) is 78.3 Å². The quantitative estimate of drug-likeness (QED) is 0.743. The third-order valence-corrected chi connectivity index (χ3v) is 6.00. The zero-order valence-electron chi connectivity index (χ0n) is 12.7. The molecule has 2 aromatic rings. The summed E-state index contributed by atoms with van der Waals surface area (Å²) in [5, 5.41) is 3.50. The summed E-state index contributed by atoms with van der Waals surface area (Å²) in [5.41, 5.74) is 7.24. The summed E-state index contributed by atoms with van der Waals surface area (Å²) in [6, 6.07) is 14.0. The highest BCUT2D eigenvalue weighted by atomic mass is 127. The summed E-state index contributed by atoms with van der Waals surface area (Å²) in [6.07, 6.45) is 5.17. The van der Waals surface area contributed by atoms with Crippen LogP contribution in [0.4, 0.5) is 0 Å². The number of hydrogen-bond acceptors (Lipinski definition) is 1. The van der Waals surface area contributed by atoms with E-state index < -0.39 is 0 Å². The maximum absolute atomic E-state index is 3.50. The standard InChI is InChI=1S/C19H22IN/c1-13-6-5-9-17(18(13)20)19(21-2)16-11-10-14-7-3-4-8-15(14)12-16/h5-6,9-12,19,21H,3-4,7-8H2,1-2H3. The van der Waals surface area contributed by atoms with E-state index in [1.165, 1.54) is 45.9 Å². The van der Waals surface area contributed by atoms with Crippen LogP contribution in [0.5, 0.6) is 0 Å². The van der Waals surface area contributed by atoms with Crippen LogP contribution in [0, 0.1) is 10.5 Å². The predicted octanol–water partition coefficient (Wildman–Crippen LogP) is 4.79. The first kappa shape index (κ1) is 15.0. The molecule has 2 aromatic carbocycles. The third kappa shape index (κ3) is 3.02. The van der Waals surface area contributed by atoms with E-state index in [-0.39, 0.29) is 6.04 Å². The molecule has 110 valence electrons. The maximum atomic E-state index is 3.50. The van der Waals surface area contributed by atoms with Crippen LogP contribution in [0.3, 0.4) is 0 Å². The molecule has 1 unspecified atom stereocenters. The molecular formula is C19H22IN. The smallest absolute Gasteiger partial charge is 0.0584 e. The molecule has 0 aliphatic heterocycles. The summed E-state index contributed by atoms with van der Waals surface area (Å²) in [7, 11) is 2.06. The fourth-order valence-corrected chi connectivity index (χ4v) is 4.00. The molecule has 1 nitrogen and oxygen atoms in total. The number of hydrogen-bond donors (Lipinski definition) is 1. The van der Waals surface area contributed by atoms with Crippen LogP contribution < -0.4 is 5.32 Å². The molecule has 0 radical (unpaired) electrons. The molecule has 0 amide bonds. The number of aryl methyl sites for hydroxylation is 3. The van der Waals surface area contributed by atoms with Crippen molar-refractivity contribution in [3.63, 3.8) is 0 Å². The van der Waals surface area contributed by atoms with Crippen molar-refractivity contribution in [3.8, 4) is 0 Å². The van der Waals surface area contributed by atoms with Crippen molar-refractivity contribution in [2.75, 3.05) is 7.05 Å². The van der Waals surface area contributed by atoms with Gasteiger partial charge in [0.05, 0.1) is 6.04 Å². The first-order valence-corrected chi connectivity index (χ1v) is 8.82. The molecule has 0 bridgehead atoms. The minimum absolute atomic E-state index is 0.282. The third-order valence-electron chi connectivity index (χ3n) is 4.53. The summed E-state index contributed by atoms with van der Waals surface area (Å²) >= 11 is 2.47. The molecule has 21 heavy (non-hydrogen) atoms. The van der Waals surface area contributed by atoms with Crippen molar-refractivity contribution < 1.29 is 0 Å². The van der Waals surface area contributed by atoms with Crippen LogP contribution >= 0.6 is 22.6 Å². The summed E-state index contributed by atoms with van der Waals surface area (Å²) < 4.78 is 1.37. The number of nitrogens with one attached hydrogen (secondary N) is 1. The van der Waals surface area contributed by atoms with Gasteiger partial charge in [-0.25, -0.2) is 0 Å². The second kappa shape index (κ2) is 6.49. The largest absolute Gasteiger partial charge is 0.309 e. The molecule has 1 N–H and O–H groups in total. The van der Waals surface area contributed by atoms with Crippen LogP contribution in [0.15, 0.2) is 36.4 Å². The lowest BCUT2D eigenvalue weighted by Crippen LogP contribution is -2.19. The van der Waals surface area contributed by atoms with Gasteiger partial charge in [0.15, 0.2) is 0 Å². The molecule has 0 spiro atoms. The Morgan fingerprint density at radius 1 is 1.05 bits per heavy atom. The van der Waals surface area contributed by atoms with Crippen LogP contribution in [0.1, 0.15) is 46.7 Å². The molecule has 1 aliphatic rings. The summed E-state index contributed by atoms with van der Waals surface area (Å²) in [4.78, 5) is 0. The second-order valence-electron chi connectivity index (χ2n) is 5.94. The number of benzene rings is 2. The van der Waals surface area contributed by atoms with Crippen molar-refractivity contribution in [1.82, 2.24) is 5.32 Å². The average Bonchev–Trinajstić information content (AvgIpc) is 2.52. The fraction of sp³-hybridized carbons (Fsp3) is 0.368. The average molecular weight is 391 g/mol. The number of halogens is 1. The van der Waals surface area contributed by atoms with Crippen LogP contribution in [0.2, 0.25) is 0 Å². The minimum atomic E-state index is 0.282. The molecular weight excluding hydrogens is 369 g/mol. The Kier molecular flexibility index (Phi) is 4.65. The number of rotatable bonds is 3. The molecule has 0 aromatic heterocycles. The highest BCUT2D eigenvalue weighted by Crippen LogP contribution is 2.30. The fourth-order valence-electron chi connectivity index (χ4n) is 3.33. The Labute approximate surface area is 141 Å². The van der Waals surface area contributed by atoms with Crippen molar-refractivity contribution in [3.05, 3.63) is 67.8 Å². The van der Waals surface area contributed by atoms with Gasteiger partial charge in [0.2, 0.25) is 0 Å². The molecule has 0 saturated carbocycles. The lowest BCUT2D eigenvalue weighted by Gasteiger charge is -2.23. The normalized spacial score (nSPS) is 15.6. The Morgan fingerprint density at radius 3 is 2.57 bits per heavy atom. The van der Waals surface area contributed by atoms with Crippen molar-refractivity contribution in [2.24, 2.45) is 0 Å². The van der Waals surface area contributed by atoms with Gasteiger partial charge < -0.3 is 5.32 Å². The van der Waals surface area contributed by atoms with E-state index in [1.807, 2.05) is 0 Å². The van der Waals surface area contributed by atoms with Crippen LogP contribution in [-0.4, -0.2) is 7.05 Å². The number of fused-ring (bicyclic) bond motifs is 1. The highest BCUT2D eigenvalue weighted by Gasteiger charge is 2.18. The van der Waals surface area contributed by atoms with E-state index in [4.69, 9.17) is 0 Å². The van der Waals surface area contributed by atoms with Crippen molar-refractivity contribution in [2.45, 2.75) is 38.6 Å². The topological polar surface area (TPSA) is 12.0 Å². The second-order valence-corrected chi connectivity index (χ2v) is 7.01. The van der Waals surface area contributed by atoms with Gasteiger partial charge in [0.1, 0.15) is 0 Å². The Bertz CT molecular complexity index is 648. The monoisotopic (exact) mass is 391 g/mol. The Hall–Kier alpha value is -0.870. The highest BCUT2D eigenvalue weighted by molar-refractivity contribution is 14.1. The van der Waals surface area contributed by atoms with E-state index in [0.717, 1.165) is 0 Å². The first-order chi connectivity index (χ1) is 10.2. The lowest BCUT2D eigenvalue weighted by molar-refractivity contribution is 0.666. The molecule has 1 aliphatic carbocycles. The maximum Gasteiger partial charge on any atom is 0.0584 e. The summed E-state index contributed by atoms with van der Waals surface area (Å²) in [5.74, 6) is 0. The van der Waals surface area contributed by atoms with Crippen LogP contribution in [-0.2, 0) is 12.8 Å². The van der Waals surface area contributed by atoms with Gasteiger partial charge in [-0.1, -0.05) is 36.4 Å². The SMILES string of the molecule is CNC(c1ccc2c(c1)CCCC2)c1cccc(C)c1I. The van der Waals surface area contributed by atoms with Crippen molar-refractivity contribution in [1.29, 1.82) is 0 Å². The molecule has 3 rings (SSSR count). The zero-order valence-corrected chi connectivity index (χ0v) is 14.9. The van der Waals surface area contributed by atoms with E-state index >= 15 is 0 Å². The molecule has 0 heterocycles. The van der Waals surface area contributed by atoms with Gasteiger partial charge in [0.25, 0.3) is 0 Å². The van der Waals surface area contributed by atoms with Gasteiger partial charge in [-0.3, -0.25) is 0 Å². The molecule has 1 atom stereocenters. The van der Waals surface area contributed by atoms with Gasteiger partial charge in [-0.2, -0.15) is 0 Å². The van der Waals surface area contributed by atoms with E-state index in [0.29, 0.717) is 0 Å². The van der Waals surface area contributed by atoms with Gasteiger partial charge in [0, 0.05) is 3.57 Å².